The van der Waals surface area contributed by atoms with Crippen molar-refractivity contribution in [3.8, 4) is 11.3 Å². The second-order valence-electron chi connectivity index (χ2n) is 10.2. The minimum Gasteiger partial charge on any atom is -0.461 e. The van der Waals surface area contributed by atoms with E-state index in [9.17, 15) is 4.79 Å². The number of hydrogen-bond acceptors (Lipinski definition) is 8. The van der Waals surface area contributed by atoms with Crippen LogP contribution in [0, 0.1) is 0 Å². The first-order valence-corrected chi connectivity index (χ1v) is 14.3. The molecule has 2 aromatic carbocycles. The first-order chi connectivity index (χ1) is 19.0. The molecule has 3 aromatic rings. The number of ether oxygens (including phenoxy) is 1. The fourth-order valence-corrected chi connectivity index (χ4v) is 5.66. The standard InChI is InChI=1S/C29H34Cl2N6O2/c30-23-6-3-7-24(31)22(23)16-36-28-27(32)35-17-26(37-28)19-10-8-18(9-11-19)15-34-20-12-13-33-25(14-20)29(38)39-21-4-1-2-5-21/h3,6-11,17,20-21,25,33-34H,1-2,4-5,12-16H2,(H2,32,35)(H,36,37)/t20?,25-/m0/s1. The van der Waals surface area contributed by atoms with E-state index in [4.69, 9.17) is 33.7 Å². The highest BCUT2D eigenvalue weighted by molar-refractivity contribution is 6.36. The van der Waals surface area contributed by atoms with Crippen LogP contribution in [0.3, 0.4) is 0 Å². The molecule has 0 amide bonds. The number of nitrogens with two attached hydrogens (primary N) is 1. The SMILES string of the molecule is Nc1ncc(-c2ccc(CNC3CCN[C@H](C(=O)OC4CCCC4)C3)cc2)nc1NCc1c(Cl)cccc1Cl. The van der Waals surface area contributed by atoms with Crippen molar-refractivity contribution in [2.75, 3.05) is 17.6 Å². The third-order valence-corrected chi connectivity index (χ3v) is 8.12. The molecule has 8 nitrogen and oxygen atoms in total. The summed E-state index contributed by atoms with van der Waals surface area (Å²) in [5.41, 5.74) is 9.63. The summed E-state index contributed by atoms with van der Waals surface area (Å²) >= 11 is 12.6. The summed E-state index contributed by atoms with van der Waals surface area (Å²) in [6.45, 7) is 1.89. The van der Waals surface area contributed by atoms with Crippen LogP contribution >= 0.6 is 23.2 Å². The summed E-state index contributed by atoms with van der Waals surface area (Å²) in [6, 6.07) is 13.6. The molecule has 0 radical (unpaired) electrons. The summed E-state index contributed by atoms with van der Waals surface area (Å²) in [6.07, 6.45) is 7.77. The Morgan fingerprint density at radius 3 is 2.54 bits per heavy atom. The van der Waals surface area contributed by atoms with Gasteiger partial charge in [0, 0.05) is 40.3 Å². The summed E-state index contributed by atoms with van der Waals surface area (Å²) in [4.78, 5) is 21.6. The normalized spacial score (nSPS) is 19.6. The molecule has 5 N–H and O–H groups in total. The molecular formula is C29H34Cl2N6O2. The maximum Gasteiger partial charge on any atom is 0.323 e. The Balaban J connectivity index is 1.15. The quantitative estimate of drug-likeness (QED) is 0.256. The molecule has 1 saturated heterocycles. The summed E-state index contributed by atoms with van der Waals surface area (Å²) in [5, 5.41) is 11.3. The van der Waals surface area contributed by atoms with E-state index >= 15 is 0 Å². The molecule has 206 valence electrons. The van der Waals surface area contributed by atoms with Crippen molar-refractivity contribution in [1.29, 1.82) is 0 Å². The molecule has 1 saturated carbocycles. The average Bonchev–Trinajstić information content (AvgIpc) is 3.46. The van der Waals surface area contributed by atoms with E-state index in [0.29, 0.717) is 40.5 Å². The molecule has 1 aromatic heterocycles. The number of nitrogen functional groups attached to an aromatic ring is 1. The number of aromatic nitrogens is 2. The van der Waals surface area contributed by atoms with Crippen LogP contribution in [0.1, 0.15) is 49.7 Å². The summed E-state index contributed by atoms with van der Waals surface area (Å²) in [7, 11) is 0. The van der Waals surface area contributed by atoms with Crippen molar-refractivity contribution in [2.24, 2.45) is 0 Å². The van der Waals surface area contributed by atoms with Gasteiger partial charge < -0.3 is 26.4 Å². The van der Waals surface area contributed by atoms with Gasteiger partial charge in [0.25, 0.3) is 0 Å². The number of carbonyl (C=O) groups is 1. The Morgan fingerprint density at radius 1 is 1.05 bits per heavy atom. The zero-order valence-electron chi connectivity index (χ0n) is 21.8. The number of nitrogens with zero attached hydrogens (tertiary/aromatic N) is 2. The van der Waals surface area contributed by atoms with E-state index in [0.717, 1.165) is 61.8 Å². The predicted octanol–water partition coefficient (Wildman–Crippen LogP) is 5.34. The number of nitrogens with one attached hydrogen (secondary N) is 3. The fourth-order valence-electron chi connectivity index (χ4n) is 5.13. The highest BCUT2D eigenvalue weighted by Gasteiger charge is 2.30. The lowest BCUT2D eigenvalue weighted by atomic mass is 9.99. The van der Waals surface area contributed by atoms with Crippen LogP contribution in [0.25, 0.3) is 11.3 Å². The Hall–Kier alpha value is -2.91. The highest BCUT2D eigenvalue weighted by atomic mass is 35.5. The number of rotatable bonds is 9. The Labute approximate surface area is 239 Å². The molecule has 1 aliphatic heterocycles. The topological polar surface area (TPSA) is 114 Å². The minimum atomic E-state index is -0.236. The van der Waals surface area contributed by atoms with Crippen LogP contribution in [0.4, 0.5) is 11.6 Å². The smallest absolute Gasteiger partial charge is 0.323 e. The van der Waals surface area contributed by atoms with Crippen LogP contribution in [0.5, 0.6) is 0 Å². The fraction of sp³-hybridized carbons (Fsp3) is 0.414. The van der Waals surface area contributed by atoms with Gasteiger partial charge in [-0.05, 0) is 62.8 Å². The first-order valence-electron chi connectivity index (χ1n) is 13.5. The van der Waals surface area contributed by atoms with Gasteiger partial charge in [-0.1, -0.05) is 53.5 Å². The molecule has 5 rings (SSSR count). The zero-order valence-corrected chi connectivity index (χ0v) is 23.3. The summed E-state index contributed by atoms with van der Waals surface area (Å²) < 4.78 is 5.72. The Morgan fingerprint density at radius 2 is 1.79 bits per heavy atom. The van der Waals surface area contributed by atoms with Crippen LogP contribution in [-0.4, -0.2) is 40.7 Å². The van der Waals surface area contributed by atoms with Crippen molar-refractivity contribution < 1.29 is 9.53 Å². The lowest BCUT2D eigenvalue weighted by Crippen LogP contribution is -2.50. The molecule has 1 aliphatic carbocycles. The third-order valence-electron chi connectivity index (χ3n) is 7.41. The van der Waals surface area contributed by atoms with Gasteiger partial charge in [0.05, 0.1) is 11.9 Å². The van der Waals surface area contributed by atoms with Gasteiger partial charge in [-0.2, -0.15) is 0 Å². The lowest BCUT2D eigenvalue weighted by molar-refractivity contribution is -0.152. The van der Waals surface area contributed by atoms with Gasteiger partial charge in [-0.15, -0.1) is 0 Å². The minimum absolute atomic E-state index is 0.101. The van der Waals surface area contributed by atoms with Crippen molar-refractivity contribution in [1.82, 2.24) is 20.6 Å². The van der Waals surface area contributed by atoms with Gasteiger partial charge in [-0.25, -0.2) is 9.97 Å². The molecule has 0 bridgehead atoms. The maximum atomic E-state index is 12.6. The van der Waals surface area contributed by atoms with E-state index in [2.05, 4.69) is 38.1 Å². The van der Waals surface area contributed by atoms with Crippen LogP contribution in [0.15, 0.2) is 48.7 Å². The second kappa shape index (κ2) is 13.0. The third kappa shape index (κ3) is 7.19. The lowest BCUT2D eigenvalue weighted by Gasteiger charge is -2.30. The van der Waals surface area contributed by atoms with Crippen LogP contribution < -0.4 is 21.7 Å². The van der Waals surface area contributed by atoms with Crippen molar-refractivity contribution >= 4 is 40.8 Å². The highest BCUT2D eigenvalue weighted by Crippen LogP contribution is 2.27. The number of anilines is 2. The van der Waals surface area contributed by atoms with E-state index in [1.807, 2.05) is 12.1 Å². The molecular weight excluding hydrogens is 535 g/mol. The van der Waals surface area contributed by atoms with Gasteiger partial charge in [0.2, 0.25) is 0 Å². The number of benzene rings is 2. The Bertz CT molecular complexity index is 1260. The number of hydrogen-bond donors (Lipinski definition) is 4. The van der Waals surface area contributed by atoms with Crippen molar-refractivity contribution in [3.63, 3.8) is 0 Å². The molecule has 2 heterocycles. The monoisotopic (exact) mass is 568 g/mol. The molecule has 2 aliphatic rings. The van der Waals surface area contributed by atoms with Gasteiger partial charge in [0.15, 0.2) is 11.6 Å². The molecule has 1 unspecified atom stereocenters. The Kier molecular flexibility index (Phi) is 9.19. The number of halogens is 2. The first kappa shape index (κ1) is 27.6. The van der Waals surface area contributed by atoms with E-state index in [1.165, 1.54) is 0 Å². The van der Waals surface area contributed by atoms with Crippen LogP contribution in [0.2, 0.25) is 10.0 Å². The molecule has 39 heavy (non-hydrogen) atoms. The second-order valence-corrected chi connectivity index (χ2v) is 11.0. The van der Waals surface area contributed by atoms with E-state index < -0.39 is 0 Å². The van der Waals surface area contributed by atoms with Gasteiger partial charge >= 0.3 is 5.97 Å². The predicted molar refractivity (Wildman–Crippen MR) is 156 cm³/mol. The van der Waals surface area contributed by atoms with E-state index in [-0.39, 0.29) is 24.2 Å². The molecule has 0 spiro atoms. The average molecular weight is 570 g/mol. The van der Waals surface area contributed by atoms with Gasteiger partial charge in [0.1, 0.15) is 12.1 Å². The molecule has 2 fully saturated rings. The van der Waals surface area contributed by atoms with Crippen LogP contribution in [-0.2, 0) is 22.6 Å². The van der Waals surface area contributed by atoms with Crippen molar-refractivity contribution in [3.05, 3.63) is 69.8 Å². The molecule has 2 atom stereocenters. The maximum absolute atomic E-state index is 12.6. The summed E-state index contributed by atoms with van der Waals surface area (Å²) in [5.74, 6) is 0.669. The molecule has 10 heteroatoms. The van der Waals surface area contributed by atoms with Crippen molar-refractivity contribution in [2.45, 2.75) is 69.8 Å². The van der Waals surface area contributed by atoms with E-state index in [1.54, 1.807) is 24.4 Å². The number of esters is 1. The zero-order chi connectivity index (χ0) is 27.2. The largest absolute Gasteiger partial charge is 0.461 e. The number of piperidine rings is 1. The number of carbonyl (C=O) groups excluding carboxylic acids is 1. The van der Waals surface area contributed by atoms with Gasteiger partial charge in [-0.3, -0.25) is 4.79 Å².